The molecule has 0 fully saturated rings. The Morgan fingerprint density at radius 3 is 2.43 bits per heavy atom. The maximum absolute atomic E-state index is 10.9. The molecular formula is C17H25NO3. The van der Waals surface area contributed by atoms with Crippen LogP contribution in [0.5, 0.6) is 11.5 Å². The lowest BCUT2D eigenvalue weighted by molar-refractivity contribution is -0.107. The average molecular weight is 291 g/mol. The van der Waals surface area contributed by atoms with Crippen molar-refractivity contribution in [3.05, 3.63) is 29.5 Å². The van der Waals surface area contributed by atoms with Gasteiger partial charge in [-0.1, -0.05) is 13.3 Å². The van der Waals surface area contributed by atoms with E-state index in [9.17, 15) is 4.79 Å². The first-order valence-corrected chi connectivity index (χ1v) is 7.23. The highest BCUT2D eigenvalue weighted by atomic mass is 16.5. The average Bonchev–Trinajstić information content (AvgIpc) is 2.51. The van der Waals surface area contributed by atoms with Crippen LogP contribution in [0.3, 0.4) is 0 Å². The molecule has 0 heterocycles. The van der Waals surface area contributed by atoms with Crippen molar-refractivity contribution in [2.75, 3.05) is 27.8 Å². The Labute approximate surface area is 127 Å². The summed E-state index contributed by atoms with van der Waals surface area (Å²) in [4.78, 5) is 13.0. The molecule has 1 aromatic rings. The Bertz CT molecular complexity index is 483. The molecule has 0 aliphatic heterocycles. The minimum Gasteiger partial charge on any atom is -0.493 e. The summed E-state index contributed by atoms with van der Waals surface area (Å²) >= 11 is 0. The lowest BCUT2D eigenvalue weighted by Crippen LogP contribution is -2.11. The maximum Gasteiger partial charge on any atom is 0.161 e. The summed E-state index contributed by atoms with van der Waals surface area (Å²) in [5.41, 5.74) is 1.91. The van der Waals surface area contributed by atoms with Crippen LogP contribution in [0.1, 0.15) is 30.9 Å². The van der Waals surface area contributed by atoms with Gasteiger partial charge in [0, 0.05) is 20.0 Å². The van der Waals surface area contributed by atoms with E-state index in [1.54, 1.807) is 14.2 Å². The summed E-state index contributed by atoms with van der Waals surface area (Å²) in [5.74, 6) is 1.31. The molecular weight excluding hydrogens is 266 g/mol. The number of methoxy groups -OCH3 is 2. The van der Waals surface area contributed by atoms with E-state index in [0.717, 1.165) is 30.4 Å². The Balaban J connectivity index is 3.02. The molecule has 1 rings (SSSR count). The number of carbonyl (C=O) groups is 1. The normalized spacial score (nSPS) is 10.7. The van der Waals surface area contributed by atoms with Gasteiger partial charge in [-0.3, -0.25) is 0 Å². The van der Waals surface area contributed by atoms with Gasteiger partial charge in [-0.15, -0.1) is 0 Å². The zero-order chi connectivity index (χ0) is 15.7. The highest BCUT2D eigenvalue weighted by molar-refractivity contribution is 5.66. The minimum atomic E-state index is 0.360. The Kier molecular flexibility index (Phi) is 7.37. The van der Waals surface area contributed by atoms with E-state index in [1.807, 2.05) is 31.5 Å². The van der Waals surface area contributed by atoms with Crippen LogP contribution in [-0.4, -0.2) is 39.0 Å². The van der Waals surface area contributed by atoms with Crippen LogP contribution < -0.4 is 9.47 Å². The fourth-order valence-corrected chi connectivity index (χ4v) is 2.05. The molecule has 0 unspecified atom stereocenters. The maximum atomic E-state index is 10.9. The number of ether oxygens (including phenoxy) is 2. The van der Waals surface area contributed by atoms with Crippen molar-refractivity contribution in [1.29, 1.82) is 0 Å². The monoisotopic (exact) mass is 291 g/mol. The van der Waals surface area contributed by atoms with E-state index in [0.29, 0.717) is 17.9 Å². The van der Waals surface area contributed by atoms with Gasteiger partial charge < -0.3 is 19.2 Å². The predicted octanol–water partition coefficient (Wildman–Crippen LogP) is 3.15. The van der Waals surface area contributed by atoms with Crippen molar-refractivity contribution in [3.8, 4) is 11.5 Å². The van der Waals surface area contributed by atoms with Crippen molar-refractivity contribution < 1.29 is 14.3 Å². The molecule has 0 bridgehead atoms. The first kappa shape index (κ1) is 17.1. The molecule has 0 N–H and O–H groups in total. The van der Waals surface area contributed by atoms with E-state index in [1.165, 1.54) is 6.42 Å². The standard InChI is InChI=1S/C17H25NO3/c1-5-6-9-18(2)10-7-14-12-16(20-3)17(21-4)13-15(14)8-11-19/h7,10-13H,5-6,8-9H2,1-4H3/b10-7-. The molecule has 4 heteroatoms. The number of unbranched alkanes of at least 4 members (excludes halogenated alkanes) is 1. The molecule has 4 nitrogen and oxygen atoms in total. The highest BCUT2D eigenvalue weighted by Crippen LogP contribution is 2.31. The summed E-state index contributed by atoms with van der Waals surface area (Å²) in [6, 6.07) is 3.76. The molecule has 0 spiro atoms. The fourth-order valence-electron chi connectivity index (χ4n) is 2.05. The summed E-state index contributed by atoms with van der Waals surface area (Å²) < 4.78 is 10.6. The molecule has 0 saturated heterocycles. The molecule has 1 aromatic carbocycles. The van der Waals surface area contributed by atoms with E-state index in [2.05, 4.69) is 11.8 Å². The molecule has 0 saturated carbocycles. The van der Waals surface area contributed by atoms with Crippen LogP contribution in [0.25, 0.3) is 6.08 Å². The summed E-state index contributed by atoms with van der Waals surface area (Å²) in [7, 11) is 5.25. The molecule has 0 aromatic heterocycles. The largest absolute Gasteiger partial charge is 0.493 e. The second-order valence-corrected chi connectivity index (χ2v) is 4.93. The second-order valence-electron chi connectivity index (χ2n) is 4.93. The van der Waals surface area contributed by atoms with Crippen molar-refractivity contribution in [1.82, 2.24) is 4.90 Å². The van der Waals surface area contributed by atoms with Crippen molar-refractivity contribution in [3.63, 3.8) is 0 Å². The summed E-state index contributed by atoms with van der Waals surface area (Å²) in [6.07, 6.45) is 7.64. The second kappa shape index (κ2) is 9.06. The van der Waals surface area contributed by atoms with Gasteiger partial charge in [0.05, 0.1) is 14.2 Å². The molecule has 0 aliphatic carbocycles. The molecule has 21 heavy (non-hydrogen) atoms. The van der Waals surface area contributed by atoms with Crippen molar-refractivity contribution in [2.45, 2.75) is 26.2 Å². The predicted molar refractivity (Wildman–Crippen MR) is 85.9 cm³/mol. The number of hydrogen-bond acceptors (Lipinski definition) is 4. The van der Waals surface area contributed by atoms with Crippen LogP contribution in [0.15, 0.2) is 18.3 Å². The zero-order valence-corrected chi connectivity index (χ0v) is 13.4. The molecule has 0 radical (unpaired) electrons. The lowest BCUT2D eigenvalue weighted by Gasteiger charge is -2.15. The number of nitrogens with zero attached hydrogens (tertiary/aromatic N) is 1. The zero-order valence-electron chi connectivity index (χ0n) is 13.4. The van der Waals surface area contributed by atoms with Crippen LogP contribution in [-0.2, 0) is 11.2 Å². The van der Waals surface area contributed by atoms with Crippen molar-refractivity contribution in [2.24, 2.45) is 0 Å². The van der Waals surface area contributed by atoms with E-state index < -0.39 is 0 Å². The van der Waals surface area contributed by atoms with E-state index in [4.69, 9.17) is 9.47 Å². The van der Waals surface area contributed by atoms with Crippen LogP contribution in [0.2, 0.25) is 0 Å². The number of rotatable bonds is 9. The van der Waals surface area contributed by atoms with Crippen molar-refractivity contribution >= 4 is 12.4 Å². The SMILES string of the molecule is CCCCN(C)/C=C\c1cc(OC)c(OC)cc1CC=O. The van der Waals surface area contributed by atoms with E-state index in [-0.39, 0.29) is 0 Å². The fraction of sp³-hybridized carbons (Fsp3) is 0.471. The smallest absolute Gasteiger partial charge is 0.161 e. The first-order valence-electron chi connectivity index (χ1n) is 7.23. The molecule has 0 amide bonds. The summed E-state index contributed by atoms with van der Waals surface area (Å²) in [6.45, 7) is 3.19. The van der Waals surface area contributed by atoms with Gasteiger partial charge >= 0.3 is 0 Å². The van der Waals surface area contributed by atoms with Crippen LogP contribution in [0.4, 0.5) is 0 Å². The highest BCUT2D eigenvalue weighted by Gasteiger charge is 2.09. The topological polar surface area (TPSA) is 38.8 Å². The Morgan fingerprint density at radius 2 is 1.86 bits per heavy atom. The van der Waals surface area contributed by atoms with Crippen LogP contribution in [0, 0.1) is 0 Å². The number of hydrogen-bond donors (Lipinski definition) is 0. The van der Waals surface area contributed by atoms with Gasteiger partial charge in [0.25, 0.3) is 0 Å². The van der Waals surface area contributed by atoms with Crippen LogP contribution >= 0.6 is 0 Å². The van der Waals surface area contributed by atoms with Gasteiger partial charge in [0.1, 0.15) is 6.29 Å². The molecule has 116 valence electrons. The quantitative estimate of drug-likeness (QED) is 0.655. The summed E-state index contributed by atoms with van der Waals surface area (Å²) in [5, 5.41) is 0. The number of carbonyl (C=O) groups excluding carboxylic acids is 1. The van der Waals surface area contributed by atoms with Gasteiger partial charge in [0.2, 0.25) is 0 Å². The molecule has 0 aliphatic rings. The van der Waals surface area contributed by atoms with Gasteiger partial charge in [-0.05, 0) is 42.0 Å². The Hall–Kier alpha value is -1.97. The third kappa shape index (κ3) is 5.14. The van der Waals surface area contributed by atoms with Gasteiger partial charge in [-0.2, -0.15) is 0 Å². The first-order chi connectivity index (χ1) is 10.2. The van der Waals surface area contributed by atoms with E-state index >= 15 is 0 Å². The Morgan fingerprint density at radius 1 is 1.19 bits per heavy atom. The lowest BCUT2D eigenvalue weighted by atomic mass is 10.0. The van der Waals surface area contributed by atoms with Gasteiger partial charge in [-0.25, -0.2) is 0 Å². The molecule has 0 atom stereocenters. The number of benzene rings is 1. The third-order valence-electron chi connectivity index (χ3n) is 3.32. The number of aldehydes is 1. The minimum absolute atomic E-state index is 0.360. The third-order valence-corrected chi connectivity index (χ3v) is 3.32. The van der Waals surface area contributed by atoms with Gasteiger partial charge in [0.15, 0.2) is 11.5 Å².